The molecule has 106 valence electrons. The van der Waals surface area contributed by atoms with Crippen LogP contribution >= 0.6 is 11.8 Å². The summed E-state index contributed by atoms with van der Waals surface area (Å²) in [6, 6.07) is 2.49. The van der Waals surface area contributed by atoms with Gasteiger partial charge in [0.2, 0.25) is 0 Å². The summed E-state index contributed by atoms with van der Waals surface area (Å²) < 4.78 is 5.12. The molecule has 2 rings (SSSR count). The molecule has 2 heterocycles. The van der Waals surface area contributed by atoms with Crippen LogP contribution < -0.4 is 10.6 Å². The smallest absolute Gasteiger partial charge is 0.158 e. The molecule has 0 bridgehead atoms. The fraction of sp³-hybridized carbons (Fsp3) is 0.692. The Morgan fingerprint density at radius 1 is 1.42 bits per heavy atom. The van der Waals surface area contributed by atoms with E-state index in [1.165, 1.54) is 18.6 Å². The third kappa shape index (κ3) is 4.54. The van der Waals surface area contributed by atoms with E-state index in [0.717, 1.165) is 23.9 Å². The number of nitrogens with one attached hydrogen (secondary N) is 2. The molecule has 1 atom stereocenters. The fourth-order valence-corrected chi connectivity index (χ4v) is 3.17. The Balaban J connectivity index is 2.08. The first-order valence-corrected chi connectivity index (χ1v) is 7.92. The van der Waals surface area contributed by atoms with Gasteiger partial charge in [0.05, 0.1) is 0 Å². The third-order valence-electron chi connectivity index (χ3n) is 2.92. The molecule has 5 nitrogen and oxygen atoms in total. The highest BCUT2D eigenvalue weighted by Crippen LogP contribution is 2.21. The predicted octanol–water partition coefficient (Wildman–Crippen LogP) is 2.36. The normalized spacial score (nSPS) is 19.2. The summed E-state index contributed by atoms with van der Waals surface area (Å²) in [5.41, 5.74) is 0. The highest BCUT2D eigenvalue weighted by Gasteiger charge is 2.14. The molecular formula is C13H22N4OS. The van der Waals surface area contributed by atoms with Crippen molar-refractivity contribution in [1.29, 1.82) is 0 Å². The summed E-state index contributed by atoms with van der Waals surface area (Å²) in [6.45, 7) is 3.35. The molecule has 0 spiro atoms. The van der Waals surface area contributed by atoms with Gasteiger partial charge in [0, 0.05) is 31.5 Å². The number of aromatic nitrogens is 2. The molecule has 1 fully saturated rings. The molecule has 1 aromatic heterocycles. The highest BCUT2D eigenvalue weighted by atomic mass is 32.2. The lowest BCUT2D eigenvalue weighted by atomic mass is 10.2. The van der Waals surface area contributed by atoms with E-state index in [1.54, 1.807) is 7.11 Å². The average molecular weight is 282 g/mol. The van der Waals surface area contributed by atoms with Crippen LogP contribution in [-0.2, 0) is 11.3 Å². The monoisotopic (exact) mass is 282 g/mol. The van der Waals surface area contributed by atoms with Gasteiger partial charge in [-0.1, -0.05) is 0 Å². The topological polar surface area (TPSA) is 59.1 Å². The summed E-state index contributed by atoms with van der Waals surface area (Å²) in [5, 5.41) is 6.74. The van der Waals surface area contributed by atoms with E-state index >= 15 is 0 Å². The first kappa shape index (κ1) is 14.4. The van der Waals surface area contributed by atoms with Crippen molar-refractivity contribution in [2.75, 3.05) is 35.8 Å². The number of ether oxygens (including phenoxy) is 1. The van der Waals surface area contributed by atoms with Gasteiger partial charge < -0.3 is 15.4 Å². The van der Waals surface area contributed by atoms with Crippen molar-refractivity contribution in [3.8, 4) is 0 Å². The number of rotatable bonds is 6. The molecular weight excluding hydrogens is 260 g/mol. The number of thioether (sulfide) groups is 1. The summed E-state index contributed by atoms with van der Waals surface area (Å²) in [7, 11) is 1.66. The SMILES string of the molecule is CCNc1cc(NC2CCCSC2)nc(COC)n1. The first-order chi connectivity index (χ1) is 9.31. The van der Waals surface area contributed by atoms with Crippen molar-refractivity contribution in [2.24, 2.45) is 0 Å². The third-order valence-corrected chi connectivity index (χ3v) is 4.13. The second kappa shape index (κ2) is 7.55. The molecule has 6 heteroatoms. The zero-order valence-electron chi connectivity index (χ0n) is 11.6. The van der Waals surface area contributed by atoms with Gasteiger partial charge >= 0.3 is 0 Å². The van der Waals surface area contributed by atoms with E-state index in [2.05, 4.69) is 27.5 Å². The van der Waals surface area contributed by atoms with E-state index < -0.39 is 0 Å². The quantitative estimate of drug-likeness (QED) is 0.835. The molecule has 1 aromatic rings. The lowest BCUT2D eigenvalue weighted by Gasteiger charge is -2.23. The Bertz CT molecular complexity index is 372. The van der Waals surface area contributed by atoms with Gasteiger partial charge in [0.1, 0.15) is 18.2 Å². The summed E-state index contributed by atoms with van der Waals surface area (Å²) in [6.07, 6.45) is 2.49. The van der Waals surface area contributed by atoms with Gasteiger partial charge in [0.15, 0.2) is 5.82 Å². The van der Waals surface area contributed by atoms with Crippen LogP contribution in [0.2, 0.25) is 0 Å². The molecule has 0 aromatic carbocycles. The Labute approximate surface area is 118 Å². The fourth-order valence-electron chi connectivity index (χ4n) is 2.10. The number of hydrogen-bond donors (Lipinski definition) is 2. The van der Waals surface area contributed by atoms with Crippen LogP contribution in [0.3, 0.4) is 0 Å². The van der Waals surface area contributed by atoms with Crippen LogP contribution in [0.4, 0.5) is 11.6 Å². The van der Waals surface area contributed by atoms with Crippen molar-refractivity contribution >= 4 is 23.4 Å². The van der Waals surface area contributed by atoms with E-state index in [0.29, 0.717) is 18.5 Å². The summed E-state index contributed by atoms with van der Waals surface area (Å²) >= 11 is 2.00. The Hall–Kier alpha value is -1.01. The van der Waals surface area contributed by atoms with Crippen molar-refractivity contribution in [3.05, 3.63) is 11.9 Å². The van der Waals surface area contributed by atoms with E-state index in [9.17, 15) is 0 Å². The zero-order chi connectivity index (χ0) is 13.5. The van der Waals surface area contributed by atoms with Crippen LogP contribution in [-0.4, -0.2) is 41.2 Å². The molecule has 1 aliphatic heterocycles. The minimum Gasteiger partial charge on any atom is -0.377 e. The maximum absolute atomic E-state index is 5.12. The van der Waals surface area contributed by atoms with Crippen molar-refractivity contribution in [2.45, 2.75) is 32.4 Å². The van der Waals surface area contributed by atoms with E-state index in [4.69, 9.17) is 4.74 Å². The van der Waals surface area contributed by atoms with Gasteiger partial charge in [-0.25, -0.2) is 9.97 Å². The lowest BCUT2D eigenvalue weighted by molar-refractivity contribution is 0.178. The minimum atomic E-state index is 0.438. The van der Waals surface area contributed by atoms with Crippen LogP contribution in [0, 0.1) is 0 Å². The van der Waals surface area contributed by atoms with Gasteiger partial charge in [-0.2, -0.15) is 11.8 Å². The van der Waals surface area contributed by atoms with Crippen molar-refractivity contribution < 1.29 is 4.74 Å². The zero-order valence-corrected chi connectivity index (χ0v) is 12.4. The predicted molar refractivity (Wildman–Crippen MR) is 80.9 cm³/mol. The largest absolute Gasteiger partial charge is 0.377 e. The van der Waals surface area contributed by atoms with E-state index in [-0.39, 0.29) is 0 Å². The molecule has 0 aliphatic carbocycles. The summed E-state index contributed by atoms with van der Waals surface area (Å²) in [5.74, 6) is 4.90. The molecule has 1 unspecified atom stereocenters. The second-order valence-corrected chi connectivity index (χ2v) is 5.73. The van der Waals surface area contributed by atoms with Gasteiger partial charge in [-0.3, -0.25) is 0 Å². The van der Waals surface area contributed by atoms with E-state index in [1.807, 2.05) is 17.8 Å². The maximum Gasteiger partial charge on any atom is 0.158 e. The molecule has 0 amide bonds. The van der Waals surface area contributed by atoms with Crippen LogP contribution in [0.25, 0.3) is 0 Å². The maximum atomic E-state index is 5.12. The van der Waals surface area contributed by atoms with Crippen LogP contribution in [0.15, 0.2) is 6.07 Å². The Morgan fingerprint density at radius 3 is 2.95 bits per heavy atom. The Morgan fingerprint density at radius 2 is 2.26 bits per heavy atom. The Kier molecular flexibility index (Phi) is 5.72. The highest BCUT2D eigenvalue weighted by molar-refractivity contribution is 7.99. The minimum absolute atomic E-state index is 0.438. The summed E-state index contributed by atoms with van der Waals surface area (Å²) in [4.78, 5) is 8.92. The van der Waals surface area contributed by atoms with Crippen LogP contribution in [0.1, 0.15) is 25.6 Å². The molecule has 2 N–H and O–H groups in total. The molecule has 0 saturated carbocycles. The number of hydrogen-bond acceptors (Lipinski definition) is 6. The molecule has 19 heavy (non-hydrogen) atoms. The van der Waals surface area contributed by atoms with Crippen LogP contribution in [0.5, 0.6) is 0 Å². The van der Waals surface area contributed by atoms with Gasteiger partial charge in [0.25, 0.3) is 0 Å². The van der Waals surface area contributed by atoms with Crippen molar-refractivity contribution in [3.63, 3.8) is 0 Å². The molecule has 1 saturated heterocycles. The standard InChI is InChI=1S/C13H22N4OS/c1-3-14-11-7-12(17-13(16-11)8-18-2)15-10-5-4-6-19-9-10/h7,10H,3-6,8-9H2,1-2H3,(H2,14,15,16,17). The first-order valence-electron chi connectivity index (χ1n) is 6.77. The number of methoxy groups -OCH3 is 1. The number of nitrogens with zero attached hydrogens (tertiary/aromatic N) is 2. The molecule has 0 radical (unpaired) electrons. The second-order valence-electron chi connectivity index (χ2n) is 4.58. The molecule has 1 aliphatic rings. The van der Waals surface area contributed by atoms with Gasteiger partial charge in [-0.15, -0.1) is 0 Å². The van der Waals surface area contributed by atoms with Crippen molar-refractivity contribution in [1.82, 2.24) is 9.97 Å². The lowest BCUT2D eigenvalue weighted by Crippen LogP contribution is -2.26. The number of anilines is 2. The van der Waals surface area contributed by atoms with Gasteiger partial charge in [-0.05, 0) is 25.5 Å². The average Bonchev–Trinajstić information content (AvgIpc) is 2.40.